The van der Waals surface area contributed by atoms with E-state index in [-0.39, 0.29) is 11.8 Å². The summed E-state index contributed by atoms with van der Waals surface area (Å²) < 4.78 is 9.77. The maximum atomic E-state index is 12.5. The maximum absolute atomic E-state index is 12.5. The average Bonchev–Trinajstić information content (AvgIpc) is 3.52. The second-order valence-corrected chi connectivity index (χ2v) is 9.94. The monoisotopic (exact) mass is 523 g/mol. The van der Waals surface area contributed by atoms with Gasteiger partial charge in [-0.3, -0.25) is 9.20 Å². The van der Waals surface area contributed by atoms with Crippen LogP contribution in [0.1, 0.15) is 17.0 Å². The zero-order valence-electron chi connectivity index (χ0n) is 22.0. The number of carbonyl (C=O) groups is 1. The van der Waals surface area contributed by atoms with Crippen LogP contribution in [0.4, 0.5) is 11.5 Å². The van der Waals surface area contributed by atoms with E-state index in [1.807, 2.05) is 88.5 Å². The number of amides is 1. The number of hydrogen-bond acceptors (Lipinski definition) is 8. The minimum Gasteiger partial charge on any atom is -0.457 e. The SMILES string of the molecule is Cc1cc(Nc2ncnn3ccc(C4CN(C(=O)/C=C/CN(C)C)C4)c23)ccc1Oc1ccn2cnnc2c1. The van der Waals surface area contributed by atoms with Crippen LogP contribution in [0.5, 0.6) is 11.5 Å². The molecule has 1 aromatic carbocycles. The molecule has 5 heterocycles. The van der Waals surface area contributed by atoms with Crippen molar-refractivity contribution in [2.45, 2.75) is 12.8 Å². The van der Waals surface area contributed by atoms with Crippen molar-refractivity contribution in [3.63, 3.8) is 0 Å². The number of rotatable bonds is 8. The third-order valence-electron chi connectivity index (χ3n) is 6.79. The molecule has 5 aromatic rings. The molecule has 11 heteroatoms. The topological polar surface area (TPSA) is 105 Å². The molecule has 1 aliphatic rings. The van der Waals surface area contributed by atoms with Crippen LogP contribution in [0.15, 0.2) is 73.6 Å². The lowest BCUT2D eigenvalue weighted by Crippen LogP contribution is -2.47. The molecule has 0 saturated carbocycles. The van der Waals surface area contributed by atoms with Gasteiger partial charge in [0, 0.05) is 55.8 Å². The molecule has 1 amide bonds. The van der Waals surface area contributed by atoms with Gasteiger partial charge in [-0.25, -0.2) is 9.50 Å². The normalized spacial score (nSPS) is 14.0. The molecule has 4 aromatic heterocycles. The van der Waals surface area contributed by atoms with Crippen molar-refractivity contribution in [2.75, 3.05) is 39.0 Å². The van der Waals surface area contributed by atoms with Crippen LogP contribution in [0, 0.1) is 6.92 Å². The highest BCUT2D eigenvalue weighted by Crippen LogP contribution is 2.35. The summed E-state index contributed by atoms with van der Waals surface area (Å²) in [6, 6.07) is 11.7. The van der Waals surface area contributed by atoms with Crippen molar-refractivity contribution in [1.29, 1.82) is 0 Å². The van der Waals surface area contributed by atoms with Crippen LogP contribution in [-0.2, 0) is 4.79 Å². The number of nitrogens with zero attached hydrogens (tertiary/aromatic N) is 8. The number of pyridine rings is 1. The van der Waals surface area contributed by atoms with E-state index in [0.717, 1.165) is 40.3 Å². The summed E-state index contributed by atoms with van der Waals surface area (Å²) in [5.74, 6) is 2.43. The molecule has 1 saturated heterocycles. The number of hydrogen-bond donors (Lipinski definition) is 1. The number of nitrogens with one attached hydrogen (secondary N) is 1. The summed E-state index contributed by atoms with van der Waals surface area (Å²) >= 11 is 0. The van der Waals surface area contributed by atoms with Gasteiger partial charge in [0.25, 0.3) is 0 Å². The number of likely N-dealkylation sites (N-methyl/N-ethyl adjacent to an activating group) is 1. The van der Waals surface area contributed by atoms with Crippen molar-refractivity contribution in [3.8, 4) is 11.5 Å². The molecule has 6 rings (SSSR count). The van der Waals surface area contributed by atoms with E-state index in [0.29, 0.717) is 24.7 Å². The number of likely N-dealkylation sites (tertiary alicyclic amines) is 1. The van der Waals surface area contributed by atoms with Gasteiger partial charge in [-0.15, -0.1) is 10.2 Å². The number of benzene rings is 1. The first-order valence-corrected chi connectivity index (χ1v) is 12.7. The van der Waals surface area contributed by atoms with E-state index in [1.54, 1.807) is 12.4 Å². The van der Waals surface area contributed by atoms with Crippen LogP contribution < -0.4 is 10.1 Å². The second-order valence-electron chi connectivity index (χ2n) is 9.94. The molecule has 0 bridgehead atoms. The first kappa shape index (κ1) is 24.6. The molecule has 1 N–H and O–H groups in total. The largest absolute Gasteiger partial charge is 0.457 e. The Kier molecular flexibility index (Phi) is 6.41. The van der Waals surface area contributed by atoms with Crippen molar-refractivity contribution in [3.05, 3.63) is 84.7 Å². The third kappa shape index (κ3) is 5.04. The standard InChI is InChI=1S/C28H29N9O2/c1-19-13-21(6-7-24(19)39-22-8-11-35-18-30-33-25(35)14-22)32-28-27-23(9-12-37(27)31-17-29-28)20-15-36(16-20)26(38)5-4-10-34(2)3/h4-9,11-14,17-18,20H,10,15-16H2,1-3H3,(H,29,31,32)/b5-4+. The van der Waals surface area contributed by atoms with Crippen molar-refractivity contribution >= 4 is 28.6 Å². The number of carbonyl (C=O) groups excluding carboxylic acids is 1. The van der Waals surface area contributed by atoms with Crippen molar-refractivity contribution in [2.24, 2.45) is 0 Å². The molecule has 0 aliphatic carbocycles. The number of fused-ring (bicyclic) bond motifs is 2. The quantitative estimate of drug-likeness (QED) is 0.307. The zero-order chi connectivity index (χ0) is 26.9. The van der Waals surface area contributed by atoms with Crippen LogP contribution in [0.2, 0.25) is 0 Å². The van der Waals surface area contributed by atoms with Gasteiger partial charge < -0.3 is 19.9 Å². The summed E-state index contributed by atoms with van der Waals surface area (Å²) in [6.07, 6.45) is 10.5. The fraction of sp³-hybridized carbons (Fsp3) is 0.250. The number of aryl methyl sites for hydroxylation is 1. The molecule has 39 heavy (non-hydrogen) atoms. The van der Waals surface area contributed by atoms with Gasteiger partial charge in [-0.1, -0.05) is 6.08 Å². The van der Waals surface area contributed by atoms with Crippen molar-refractivity contribution < 1.29 is 9.53 Å². The van der Waals surface area contributed by atoms with Crippen LogP contribution in [0.25, 0.3) is 11.2 Å². The molecule has 11 nitrogen and oxygen atoms in total. The maximum Gasteiger partial charge on any atom is 0.246 e. The fourth-order valence-corrected chi connectivity index (χ4v) is 4.69. The van der Waals surface area contributed by atoms with Crippen molar-refractivity contribution in [1.82, 2.24) is 39.0 Å². The van der Waals surface area contributed by atoms with E-state index in [4.69, 9.17) is 4.74 Å². The summed E-state index contributed by atoms with van der Waals surface area (Å²) in [6.45, 7) is 4.09. The van der Waals surface area contributed by atoms with E-state index in [2.05, 4.69) is 31.7 Å². The molecule has 0 unspecified atom stereocenters. The highest BCUT2D eigenvalue weighted by atomic mass is 16.5. The Hall–Kier alpha value is -4.77. The Morgan fingerprint density at radius 3 is 2.87 bits per heavy atom. The van der Waals surface area contributed by atoms with Crippen LogP contribution in [0.3, 0.4) is 0 Å². The van der Waals surface area contributed by atoms with Gasteiger partial charge in [0.05, 0.1) is 0 Å². The Morgan fingerprint density at radius 2 is 2.05 bits per heavy atom. The number of aromatic nitrogens is 6. The molecular formula is C28H29N9O2. The molecule has 1 fully saturated rings. The summed E-state index contributed by atoms with van der Waals surface area (Å²) in [5, 5.41) is 15.8. The lowest BCUT2D eigenvalue weighted by molar-refractivity contribution is -0.130. The molecule has 0 spiro atoms. The lowest BCUT2D eigenvalue weighted by Gasteiger charge is -2.38. The smallest absolute Gasteiger partial charge is 0.246 e. The van der Waals surface area contributed by atoms with Gasteiger partial charge in [-0.2, -0.15) is 5.10 Å². The van der Waals surface area contributed by atoms with E-state index in [9.17, 15) is 4.79 Å². The molecule has 198 valence electrons. The number of ether oxygens (including phenoxy) is 1. The Morgan fingerprint density at radius 1 is 1.18 bits per heavy atom. The van der Waals surface area contributed by atoms with Gasteiger partial charge in [0.15, 0.2) is 11.5 Å². The number of anilines is 2. The summed E-state index contributed by atoms with van der Waals surface area (Å²) in [4.78, 5) is 20.9. The molecular weight excluding hydrogens is 494 g/mol. The predicted octanol–water partition coefficient (Wildman–Crippen LogP) is 3.66. The Bertz CT molecular complexity index is 1680. The van der Waals surface area contributed by atoms with Gasteiger partial charge >= 0.3 is 0 Å². The predicted molar refractivity (Wildman–Crippen MR) is 148 cm³/mol. The zero-order valence-corrected chi connectivity index (χ0v) is 22.0. The second kappa shape index (κ2) is 10.2. The molecule has 0 atom stereocenters. The average molecular weight is 524 g/mol. The van der Waals surface area contributed by atoms with Gasteiger partial charge in [0.2, 0.25) is 5.91 Å². The molecule has 0 radical (unpaired) electrons. The highest BCUT2D eigenvalue weighted by Gasteiger charge is 2.33. The van der Waals surface area contributed by atoms with E-state index in [1.165, 1.54) is 6.33 Å². The van der Waals surface area contributed by atoms with E-state index < -0.39 is 0 Å². The van der Waals surface area contributed by atoms with Crippen LogP contribution >= 0.6 is 0 Å². The van der Waals surface area contributed by atoms with Gasteiger partial charge in [-0.05, 0) is 62.5 Å². The Labute approximate surface area is 225 Å². The highest BCUT2D eigenvalue weighted by molar-refractivity contribution is 5.88. The lowest BCUT2D eigenvalue weighted by atomic mass is 9.92. The fourth-order valence-electron chi connectivity index (χ4n) is 4.69. The Balaban J connectivity index is 1.17. The third-order valence-corrected chi connectivity index (χ3v) is 6.79. The summed E-state index contributed by atoms with van der Waals surface area (Å²) in [7, 11) is 3.95. The van der Waals surface area contributed by atoms with E-state index >= 15 is 0 Å². The minimum absolute atomic E-state index is 0.0466. The first-order chi connectivity index (χ1) is 18.9. The first-order valence-electron chi connectivity index (χ1n) is 12.7. The summed E-state index contributed by atoms with van der Waals surface area (Å²) in [5.41, 5.74) is 4.62. The minimum atomic E-state index is 0.0466. The molecule has 1 aliphatic heterocycles. The van der Waals surface area contributed by atoms with Gasteiger partial charge in [0.1, 0.15) is 29.7 Å². The van der Waals surface area contributed by atoms with Crippen LogP contribution in [-0.4, -0.2) is 78.6 Å².